The van der Waals surface area contributed by atoms with Gasteiger partial charge in [-0.05, 0) is 54.5 Å². The molecule has 2 aromatic rings. The number of anilines is 1. The molecule has 1 spiro atoms. The maximum Gasteiger partial charge on any atom is 0.291 e. The van der Waals surface area contributed by atoms with Gasteiger partial charge in [-0.15, -0.1) is 0 Å². The molecule has 2 aliphatic rings. The minimum absolute atomic E-state index is 0.244. The first-order valence-electron chi connectivity index (χ1n) is 10.1. The highest BCUT2D eigenvalue weighted by molar-refractivity contribution is 6.02. The van der Waals surface area contributed by atoms with E-state index in [-0.39, 0.29) is 5.91 Å². The highest BCUT2D eigenvalue weighted by Crippen LogP contribution is 2.45. The Morgan fingerprint density at radius 1 is 1.18 bits per heavy atom. The fourth-order valence-corrected chi connectivity index (χ4v) is 4.47. The number of furan rings is 1. The lowest BCUT2D eigenvalue weighted by Gasteiger charge is -2.26. The second kappa shape index (κ2) is 8.09. The van der Waals surface area contributed by atoms with E-state index in [1.165, 1.54) is 38.4 Å². The van der Waals surface area contributed by atoms with Gasteiger partial charge < -0.3 is 20.0 Å². The van der Waals surface area contributed by atoms with Crippen molar-refractivity contribution in [2.24, 2.45) is 10.4 Å². The van der Waals surface area contributed by atoms with Gasteiger partial charge in [0.15, 0.2) is 11.7 Å². The molecule has 0 unspecified atom stereocenters. The minimum atomic E-state index is -0.244. The van der Waals surface area contributed by atoms with Crippen LogP contribution < -0.4 is 10.6 Å². The fourth-order valence-electron chi connectivity index (χ4n) is 4.47. The van der Waals surface area contributed by atoms with Gasteiger partial charge >= 0.3 is 0 Å². The number of carbonyl (C=O) groups excluding carboxylic acids is 1. The molecule has 1 aromatic heterocycles. The van der Waals surface area contributed by atoms with Crippen molar-refractivity contribution >= 4 is 17.6 Å². The van der Waals surface area contributed by atoms with Crippen LogP contribution in [-0.4, -0.2) is 36.9 Å². The van der Waals surface area contributed by atoms with Gasteiger partial charge in [-0.25, -0.2) is 0 Å². The first-order valence-corrected chi connectivity index (χ1v) is 10.1. The van der Waals surface area contributed by atoms with E-state index in [4.69, 9.17) is 4.42 Å². The average molecular weight is 380 g/mol. The summed E-state index contributed by atoms with van der Waals surface area (Å²) in [6.07, 6.45) is 8.27. The van der Waals surface area contributed by atoms with Gasteiger partial charge in [-0.1, -0.05) is 25.0 Å². The van der Waals surface area contributed by atoms with E-state index in [1.807, 2.05) is 31.3 Å². The van der Waals surface area contributed by atoms with Crippen LogP contribution in [0.5, 0.6) is 0 Å². The first kappa shape index (κ1) is 18.6. The van der Waals surface area contributed by atoms with Crippen molar-refractivity contribution in [3.8, 4) is 0 Å². The molecule has 1 aliphatic heterocycles. The van der Waals surface area contributed by atoms with Gasteiger partial charge in [0.25, 0.3) is 5.91 Å². The predicted molar refractivity (Wildman–Crippen MR) is 110 cm³/mol. The Labute approximate surface area is 166 Å². The Morgan fingerprint density at radius 2 is 1.96 bits per heavy atom. The summed E-state index contributed by atoms with van der Waals surface area (Å²) in [5, 5.41) is 6.33. The van der Waals surface area contributed by atoms with E-state index in [1.54, 1.807) is 12.1 Å². The molecule has 1 aliphatic carbocycles. The second-order valence-electron chi connectivity index (χ2n) is 7.91. The van der Waals surface area contributed by atoms with Crippen LogP contribution in [0.4, 0.5) is 5.69 Å². The molecule has 2 fully saturated rings. The lowest BCUT2D eigenvalue weighted by atomic mass is 9.86. The number of likely N-dealkylation sites (tertiary alicyclic amines) is 1. The van der Waals surface area contributed by atoms with Crippen LogP contribution in [0.25, 0.3) is 0 Å². The molecular weight excluding hydrogens is 352 g/mol. The van der Waals surface area contributed by atoms with E-state index in [0.717, 1.165) is 30.3 Å². The number of hydrogen-bond donors (Lipinski definition) is 2. The minimum Gasteiger partial charge on any atom is -0.459 e. The number of benzene rings is 1. The molecule has 28 heavy (non-hydrogen) atoms. The van der Waals surface area contributed by atoms with E-state index in [9.17, 15) is 4.79 Å². The van der Waals surface area contributed by atoms with Crippen molar-refractivity contribution in [3.05, 3.63) is 54.0 Å². The monoisotopic (exact) mass is 380 g/mol. The molecule has 148 valence electrons. The molecule has 1 amide bonds. The van der Waals surface area contributed by atoms with E-state index in [2.05, 4.69) is 20.5 Å². The van der Waals surface area contributed by atoms with Gasteiger partial charge in [0.1, 0.15) is 0 Å². The maximum atomic E-state index is 12.0. The highest BCUT2D eigenvalue weighted by atomic mass is 16.3. The Morgan fingerprint density at radius 3 is 2.64 bits per heavy atom. The SMILES string of the molecule is CN=C(NCc1ccc(NC(=O)c2ccco2)cc1)N1CCC2(CCCC2)C1. The summed E-state index contributed by atoms with van der Waals surface area (Å²) in [5.41, 5.74) is 2.43. The van der Waals surface area contributed by atoms with Gasteiger partial charge in [-0.2, -0.15) is 0 Å². The van der Waals surface area contributed by atoms with Crippen LogP contribution in [0.3, 0.4) is 0 Å². The Bertz CT molecular complexity index is 821. The quantitative estimate of drug-likeness (QED) is 0.624. The van der Waals surface area contributed by atoms with Crippen molar-refractivity contribution < 1.29 is 9.21 Å². The van der Waals surface area contributed by atoms with Gasteiger partial charge in [0, 0.05) is 32.4 Å². The topological polar surface area (TPSA) is 69.9 Å². The molecule has 4 rings (SSSR count). The van der Waals surface area contributed by atoms with Crippen molar-refractivity contribution in [2.45, 2.75) is 38.6 Å². The van der Waals surface area contributed by atoms with Crippen molar-refractivity contribution in [2.75, 3.05) is 25.5 Å². The van der Waals surface area contributed by atoms with E-state index >= 15 is 0 Å². The molecule has 0 bridgehead atoms. The van der Waals surface area contributed by atoms with Gasteiger partial charge in [0.05, 0.1) is 6.26 Å². The molecule has 2 N–H and O–H groups in total. The third-order valence-corrected chi connectivity index (χ3v) is 6.02. The number of hydrogen-bond acceptors (Lipinski definition) is 3. The lowest BCUT2D eigenvalue weighted by Crippen LogP contribution is -2.40. The van der Waals surface area contributed by atoms with Crippen LogP contribution in [0.2, 0.25) is 0 Å². The number of rotatable bonds is 4. The number of amides is 1. The molecule has 6 nitrogen and oxygen atoms in total. The standard InChI is InChI=1S/C22H28N4O2/c1-23-21(26-13-12-22(16-26)10-2-3-11-22)24-15-17-6-8-18(9-7-17)25-20(27)19-5-4-14-28-19/h4-9,14H,2-3,10-13,15-16H2,1H3,(H,23,24)(H,25,27). The maximum absolute atomic E-state index is 12.0. The average Bonchev–Trinajstić information content (AvgIpc) is 3.47. The largest absolute Gasteiger partial charge is 0.459 e. The molecule has 1 saturated heterocycles. The molecule has 6 heteroatoms. The number of carbonyl (C=O) groups is 1. The normalized spacial score (nSPS) is 18.6. The summed E-state index contributed by atoms with van der Waals surface area (Å²) in [5.74, 6) is 1.05. The zero-order valence-electron chi connectivity index (χ0n) is 16.4. The van der Waals surface area contributed by atoms with Crippen LogP contribution in [0.1, 0.15) is 48.2 Å². The third-order valence-electron chi connectivity index (χ3n) is 6.02. The summed E-state index contributed by atoms with van der Waals surface area (Å²) in [7, 11) is 1.86. The number of nitrogens with zero attached hydrogens (tertiary/aromatic N) is 2. The van der Waals surface area contributed by atoms with Crippen molar-refractivity contribution in [1.29, 1.82) is 0 Å². The summed E-state index contributed by atoms with van der Waals surface area (Å²) < 4.78 is 5.11. The zero-order chi connectivity index (χ0) is 19.4. The van der Waals surface area contributed by atoms with Crippen LogP contribution >= 0.6 is 0 Å². The molecule has 0 radical (unpaired) electrons. The Kier molecular flexibility index (Phi) is 5.37. The Balaban J connectivity index is 1.30. The predicted octanol–water partition coefficient (Wildman–Crippen LogP) is 3.87. The summed E-state index contributed by atoms with van der Waals surface area (Å²) in [6, 6.07) is 11.2. The second-order valence-corrected chi connectivity index (χ2v) is 7.91. The van der Waals surface area contributed by atoms with Crippen LogP contribution in [-0.2, 0) is 6.54 Å². The van der Waals surface area contributed by atoms with Crippen LogP contribution in [0.15, 0.2) is 52.1 Å². The zero-order valence-corrected chi connectivity index (χ0v) is 16.4. The first-order chi connectivity index (χ1) is 13.7. The van der Waals surface area contributed by atoms with E-state index in [0.29, 0.717) is 17.7 Å². The molecule has 2 heterocycles. The fraction of sp³-hybridized carbons (Fsp3) is 0.455. The van der Waals surface area contributed by atoms with Crippen molar-refractivity contribution in [3.63, 3.8) is 0 Å². The van der Waals surface area contributed by atoms with Crippen molar-refractivity contribution in [1.82, 2.24) is 10.2 Å². The van der Waals surface area contributed by atoms with Gasteiger partial charge in [-0.3, -0.25) is 9.79 Å². The van der Waals surface area contributed by atoms with E-state index < -0.39 is 0 Å². The van der Waals surface area contributed by atoms with Gasteiger partial charge in [0.2, 0.25) is 0 Å². The number of nitrogens with one attached hydrogen (secondary N) is 2. The summed E-state index contributed by atoms with van der Waals surface area (Å²) in [4.78, 5) is 18.9. The summed E-state index contributed by atoms with van der Waals surface area (Å²) in [6.45, 7) is 2.93. The molecule has 1 saturated carbocycles. The molecular formula is C22H28N4O2. The molecule has 1 aromatic carbocycles. The smallest absolute Gasteiger partial charge is 0.291 e. The Hall–Kier alpha value is -2.76. The highest BCUT2D eigenvalue weighted by Gasteiger charge is 2.41. The number of aliphatic imine (C=N–C) groups is 1. The van der Waals surface area contributed by atoms with Crippen LogP contribution in [0, 0.1) is 5.41 Å². The summed E-state index contributed by atoms with van der Waals surface area (Å²) >= 11 is 0. The third kappa shape index (κ3) is 4.06. The molecule has 0 atom stereocenters. The number of guanidine groups is 1. The lowest BCUT2D eigenvalue weighted by molar-refractivity contribution is 0.0996.